The number of aryl methyl sites for hydroxylation is 1. The van der Waals surface area contributed by atoms with Crippen molar-refractivity contribution >= 4 is 21.0 Å². The second-order valence-corrected chi connectivity index (χ2v) is 7.94. The summed E-state index contributed by atoms with van der Waals surface area (Å²) < 4.78 is 34.7. The van der Waals surface area contributed by atoms with Gasteiger partial charge in [-0.2, -0.15) is 0 Å². The summed E-state index contributed by atoms with van der Waals surface area (Å²) in [7, 11) is -3.46. The normalized spacial score (nSPS) is 17.9. The first-order valence-corrected chi connectivity index (χ1v) is 9.56. The summed E-state index contributed by atoms with van der Waals surface area (Å²) in [4.78, 5) is 4.31. The maximum absolute atomic E-state index is 12.4. The lowest BCUT2D eigenvalue weighted by atomic mass is 9.98. The van der Waals surface area contributed by atoms with Crippen LogP contribution in [0.15, 0.2) is 41.2 Å². The molecule has 8 heteroatoms. The third-order valence-electron chi connectivity index (χ3n) is 4.42. The van der Waals surface area contributed by atoms with Crippen molar-refractivity contribution in [2.45, 2.75) is 25.1 Å². The van der Waals surface area contributed by atoms with Crippen molar-refractivity contribution in [2.24, 2.45) is 5.92 Å². The van der Waals surface area contributed by atoms with Crippen molar-refractivity contribution < 1.29 is 12.9 Å². The Morgan fingerprint density at radius 3 is 3.12 bits per heavy atom. The zero-order valence-electron chi connectivity index (χ0n) is 13.1. The number of nitrogens with zero attached hydrogens (tertiary/aromatic N) is 3. The molecule has 24 heavy (non-hydrogen) atoms. The zero-order valence-corrected chi connectivity index (χ0v) is 13.9. The van der Waals surface area contributed by atoms with Crippen LogP contribution >= 0.6 is 0 Å². The lowest BCUT2D eigenvalue weighted by molar-refractivity contribution is 0.379. The summed E-state index contributed by atoms with van der Waals surface area (Å²) in [6, 6.07) is 7.26. The number of nitrogens with one attached hydrogen (secondary N) is 1. The van der Waals surface area contributed by atoms with Crippen molar-refractivity contribution in [3.05, 3.63) is 48.2 Å². The van der Waals surface area contributed by atoms with E-state index in [1.807, 2.05) is 24.4 Å². The summed E-state index contributed by atoms with van der Waals surface area (Å²) in [5, 5.41) is 4.63. The Balaban J connectivity index is 1.41. The minimum Gasteiger partial charge on any atom is -0.356 e. The van der Waals surface area contributed by atoms with Gasteiger partial charge in [-0.15, -0.1) is 0 Å². The standard InChI is InChI=1S/C16H18N4O3S/c21-24(22,11-14-13-3-1-2-4-15(13)23-19-14)18-10-12-5-7-20-8-6-17-16(20)9-12/h1-4,6,8,12,18H,5,7,9-11H2/t12-/m0/s1. The molecule has 1 N–H and O–H groups in total. The smallest absolute Gasteiger partial charge is 0.217 e. The third kappa shape index (κ3) is 3.07. The summed E-state index contributed by atoms with van der Waals surface area (Å²) in [5.74, 6) is 1.11. The Labute approximate surface area is 139 Å². The highest BCUT2D eigenvalue weighted by Gasteiger charge is 2.22. The van der Waals surface area contributed by atoms with Crippen molar-refractivity contribution in [1.82, 2.24) is 19.4 Å². The van der Waals surface area contributed by atoms with Crippen LogP contribution in [0.25, 0.3) is 11.0 Å². The predicted molar refractivity (Wildman–Crippen MR) is 88.7 cm³/mol. The van der Waals surface area contributed by atoms with Crippen molar-refractivity contribution in [2.75, 3.05) is 6.54 Å². The molecule has 3 aromatic rings. The molecule has 126 valence electrons. The highest BCUT2D eigenvalue weighted by atomic mass is 32.2. The molecule has 1 aliphatic rings. The highest BCUT2D eigenvalue weighted by Crippen LogP contribution is 2.21. The summed E-state index contributed by atoms with van der Waals surface area (Å²) >= 11 is 0. The molecule has 2 aromatic heterocycles. The Morgan fingerprint density at radius 2 is 2.21 bits per heavy atom. The van der Waals surface area contributed by atoms with E-state index in [2.05, 4.69) is 19.4 Å². The van der Waals surface area contributed by atoms with E-state index in [0.29, 0.717) is 17.8 Å². The molecule has 7 nitrogen and oxygen atoms in total. The second kappa shape index (κ2) is 6.03. The summed E-state index contributed by atoms with van der Waals surface area (Å²) in [6.07, 6.45) is 5.49. The van der Waals surface area contributed by atoms with E-state index in [-0.39, 0.29) is 11.7 Å². The zero-order chi connectivity index (χ0) is 16.6. The van der Waals surface area contributed by atoms with Gasteiger partial charge in [-0.3, -0.25) is 0 Å². The molecule has 1 atom stereocenters. The van der Waals surface area contributed by atoms with Gasteiger partial charge in [0.25, 0.3) is 0 Å². The van der Waals surface area contributed by atoms with E-state index in [0.717, 1.165) is 30.6 Å². The fourth-order valence-electron chi connectivity index (χ4n) is 3.11. The molecular formula is C16H18N4O3S. The number of sulfonamides is 1. The van der Waals surface area contributed by atoms with Crippen LogP contribution in [0.3, 0.4) is 0 Å². The molecule has 0 unspecified atom stereocenters. The Kier molecular flexibility index (Phi) is 3.85. The largest absolute Gasteiger partial charge is 0.356 e. The average Bonchev–Trinajstić information content (AvgIpc) is 3.19. The van der Waals surface area contributed by atoms with Gasteiger partial charge in [0.05, 0.1) is 0 Å². The van der Waals surface area contributed by atoms with Crippen LogP contribution < -0.4 is 4.72 Å². The van der Waals surface area contributed by atoms with E-state index in [4.69, 9.17) is 4.52 Å². The topological polar surface area (TPSA) is 90.0 Å². The minimum atomic E-state index is -3.46. The van der Waals surface area contributed by atoms with Gasteiger partial charge in [0.2, 0.25) is 10.0 Å². The van der Waals surface area contributed by atoms with Gasteiger partial charge in [-0.25, -0.2) is 18.1 Å². The molecule has 0 aliphatic carbocycles. The molecule has 0 fully saturated rings. The molecule has 4 rings (SSSR count). The molecule has 1 aliphatic heterocycles. The molecular weight excluding hydrogens is 328 g/mol. The number of para-hydroxylation sites is 1. The number of fused-ring (bicyclic) bond motifs is 2. The lowest BCUT2D eigenvalue weighted by Gasteiger charge is -2.23. The SMILES string of the molecule is O=S(=O)(Cc1noc2ccccc12)NC[C@H]1CCn2ccnc2C1. The van der Waals surface area contributed by atoms with Gasteiger partial charge in [-0.1, -0.05) is 17.3 Å². The summed E-state index contributed by atoms with van der Waals surface area (Å²) in [5.41, 5.74) is 1.04. The van der Waals surface area contributed by atoms with Crippen LogP contribution in [0.5, 0.6) is 0 Å². The maximum Gasteiger partial charge on any atom is 0.217 e. The first-order chi connectivity index (χ1) is 11.6. The predicted octanol–water partition coefficient (Wildman–Crippen LogP) is 1.71. The van der Waals surface area contributed by atoms with Crippen LogP contribution in [0.1, 0.15) is 17.9 Å². The van der Waals surface area contributed by atoms with Crippen LogP contribution in [-0.4, -0.2) is 29.7 Å². The van der Waals surface area contributed by atoms with E-state index >= 15 is 0 Å². The quantitative estimate of drug-likeness (QED) is 0.759. The molecule has 0 amide bonds. The minimum absolute atomic E-state index is 0.175. The molecule has 0 saturated heterocycles. The van der Waals surface area contributed by atoms with Crippen LogP contribution in [-0.2, 0) is 28.7 Å². The molecule has 0 saturated carbocycles. The van der Waals surface area contributed by atoms with Gasteiger partial charge >= 0.3 is 0 Å². The lowest BCUT2D eigenvalue weighted by Crippen LogP contribution is -2.34. The van der Waals surface area contributed by atoms with E-state index in [1.165, 1.54) is 0 Å². The molecule has 0 radical (unpaired) electrons. The van der Waals surface area contributed by atoms with Gasteiger partial charge < -0.3 is 9.09 Å². The Morgan fingerprint density at radius 1 is 1.33 bits per heavy atom. The second-order valence-electron chi connectivity index (χ2n) is 6.13. The fraction of sp³-hybridized carbons (Fsp3) is 0.375. The fourth-order valence-corrected chi connectivity index (χ4v) is 4.27. The van der Waals surface area contributed by atoms with Crippen molar-refractivity contribution in [3.8, 4) is 0 Å². The molecule has 1 aromatic carbocycles. The average molecular weight is 346 g/mol. The molecule has 0 spiro atoms. The van der Waals surface area contributed by atoms with E-state index in [9.17, 15) is 8.42 Å². The highest BCUT2D eigenvalue weighted by molar-refractivity contribution is 7.88. The van der Waals surface area contributed by atoms with Gasteiger partial charge in [-0.05, 0) is 24.5 Å². The summed E-state index contributed by atoms with van der Waals surface area (Å²) in [6.45, 7) is 1.31. The van der Waals surface area contributed by atoms with Crippen molar-refractivity contribution in [3.63, 3.8) is 0 Å². The van der Waals surface area contributed by atoms with E-state index < -0.39 is 10.0 Å². The first-order valence-electron chi connectivity index (χ1n) is 7.91. The number of hydrogen-bond acceptors (Lipinski definition) is 5. The van der Waals surface area contributed by atoms with Crippen molar-refractivity contribution in [1.29, 1.82) is 0 Å². The van der Waals surface area contributed by atoms with Crippen LogP contribution in [0.2, 0.25) is 0 Å². The first kappa shape index (κ1) is 15.3. The number of imidazole rings is 1. The Hall–Kier alpha value is -2.19. The van der Waals surface area contributed by atoms with Crippen LogP contribution in [0, 0.1) is 5.92 Å². The third-order valence-corrected chi connectivity index (χ3v) is 5.68. The van der Waals surface area contributed by atoms with Gasteiger partial charge in [0.15, 0.2) is 5.58 Å². The maximum atomic E-state index is 12.4. The van der Waals surface area contributed by atoms with E-state index in [1.54, 1.807) is 12.3 Å². The molecule has 0 bridgehead atoms. The Bertz CT molecular complexity index is 961. The van der Waals surface area contributed by atoms with Gasteiger partial charge in [0, 0.05) is 37.3 Å². The number of rotatable bonds is 5. The van der Waals surface area contributed by atoms with Gasteiger partial charge in [0.1, 0.15) is 17.3 Å². The number of hydrogen-bond donors (Lipinski definition) is 1. The molecule has 3 heterocycles. The van der Waals surface area contributed by atoms with Crippen LogP contribution in [0.4, 0.5) is 0 Å². The monoisotopic (exact) mass is 346 g/mol. The number of aromatic nitrogens is 3. The number of benzene rings is 1.